The van der Waals surface area contributed by atoms with E-state index in [9.17, 15) is 23.3 Å². The van der Waals surface area contributed by atoms with Gasteiger partial charge in [0.05, 0.1) is 4.92 Å². The van der Waals surface area contributed by atoms with Crippen molar-refractivity contribution in [1.29, 1.82) is 0 Å². The third-order valence-corrected chi connectivity index (χ3v) is 2.74. The van der Waals surface area contributed by atoms with E-state index in [4.69, 9.17) is 15.4 Å². The van der Waals surface area contributed by atoms with Crippen molar-refractivity contribution in [3.63, 3.8) is 0 Å². The van der Waals surface area contributed by atoms with Gasteiger partial charge in [0, 0.05) is 22.3 Å². The van der Waals surface area contributed by atoms with Gasteiger partial charge in [-0.2, -0.15) is 8.42 Å². The van der Waals surface area contributed by atoms with Crippen LogP contribution in [-0.2, 0) is 9.24 Å². The lowest BCUT2D eigenvalue weighted by Gasteiger charge is -2.08. The van der Waals surface area contributed by atoms with Gasteiger partial charge in [-0.1, -0.05) is 0 Å². The van der Waals surface area contributed by atoms with Crippen molar-refractivity contribution in [1.82, 2.24) is 4.72 Å². The number of carbonyl (C=O) groups excluding carboxylic acids is 1. The number of hydrogen-bond donors (Lipinski definition) is 1. The summed E-state index contributed by atoms with van der Waals surface area (Å²) >= 11 is 0. The largest absolute Gasteiger partial charge is 0.427 e. The highest BCUT2D eigenvalue weighted by Crippen LogP contribution is 2.27. The lowest BCUT2D eigenvalue weighted by atomic mass is 10.1. The number of nitrogens with one attached hydrogen (secondary N) is 1. The molecule has 0 aliphatic heterocycles. The lowest BCUT2D eigenvalue weighted by Crippen LogP contribution is -2.29. The van der Waals surface area contributed by atoms with Crippen LogP contribution < -0.4 is 9.46 Å². The first-order valence-electron chi connectivity index (χ1n) is 4.80. The standard InChI is InChI=1S/C9H9ClN2O6S/c1-5-4-8(6(2)3-7(5)12(14)15)18-9(13)11-19(10,16)17/h3-4H,1-2H3,(H,11,13). The molecule has 19 heavy (non-hydrogen) atoms. The van der Waals surface area contributed by atoms with Crippen LogP contribution in [0.2, 0.25) is 0 Å². The molecule has 1 amide bonds. The van der Waals surface area contributed by atoms with E-state index in [2.05, 4.69) is 0 Å². The molecule has 0 unspecified atom stereocenters. The van der Waals surface area contributed by atoms with Gasteiger partial charge >= 0.3 is 15.3 Å². The second-order valence-electron chi connectivity index (χ2n) is 3.59. The molecule has 1 aromatic rings. The number of amides is 1. The molecule has 0 saturated heterocycles. The van der Waals surface area contributed by atoms with Crippen LogP contribution in [0.15, 0.2) is 12.1 Å². The minimum absolute atomic E-state index is 0.000849. The fraction of sp³-hybridized carbons (Fsp3) is 0.222. The average Bonchev–Trinajstić information content (AvgIpc) is 2.19. The Morgan fingerprint density at radius 2 is 1.95 bits per heavy atom. The van der Waals surface area contributed by atoms with Crippen LogP contribution in [0.4, 0.5) is 10.5 Å². The molecule has 0 atom stereocenters. The van der Waals surface area contributed by atoms with Crippen molar-refractivity contribution in [2.75, 3.05) is 0 Å². The predicted octanol–water partition coefficient (Wildman–Crippen LogP) is 1.78. The average molecular weight is 309 g/mol. The van der Waals surface area contributed by atoms with Crippen LogP contribution >= 0.6 is 10.7 Å². The molecule has 0 aliphatic carbocycles. The highest BCUT2D eigenvalue weighted by atomic mass is 35.7. The van der Waals surface area contributed by atoms with E-state index in [1.165, 1.54) is 30.7 Å². The first kappa shape index (κ1) is 15.2. The van der Waals surface area contributed by atoms with Crippen molar-refractivity contribution in [2.45, 2.75) is 13.8 Å². The van der Waals surface area contributed by atoms with Crippen LogP contribution in [-0.4, -0.2) is 19.4 Å². The Balaban J connectivity index is 3.01. The van der Waals surface area contributed by atoms with Crippen molar-refractivity contribution in [3.8, 4) is 5.75 Å². The van der Waals surface area contributed by atoms with E-state index in [0.717, 1.165) is 0 Å². The maximum atomic E-state index is 11.2. The molecule has 0 bridgehead atoms. The SMILES string of the molecule is Cc1cc([N+](=O)[O-])c(C)cc1OC(=O)NS(=O)(=O)Cl. The van der Waals surface area contributed by atoms with Crippen LogP contribution in [0.25, 0.3) is 0 Å². The zero-order valence-corrected chi connectivity index (χ0v) is 11.4. The minimum Gasteiger partial charge on any atom is -0.409 e. The molecule has 0 aromatic heterocycles. The summed E-state index contributed by atoms with van der Waals surface area (Å²) in [6, 6.07) is 2.47. The second-order valence-corrected chi connectivity index (χ2v) is 5.89. The number of benzene rings is 1. The molecule has 0 fully saturated rings. The third kappa shape index (κ3) is 4.38. The van der Waals surface area contributed by atoms with Gasteiger partial charge in [-0.15, -0.1) is 0 Å². The number of ether oxygens (including phenoxy) is 1. The zero-order chi connectivity index (χ0) is 14.8. The van der Waals surface area contributed by atoms with Crippen molar-refractivity contribution >= 4 is 31.7 Å². The first-order chi connectivity index (χ1) is 8.60. The predicted molar refractivity (Wildman–Crippen MR) is 66.5 cm³/mol. The number of hydrogen-bond acceptors (Lipinski definition) is 6. The van der Waals surface area contributed by atoms with E-state index in [-0.39, 0.29) is 17.0 Å². The Morgan fingerprint density at radius 3 is 2.42 bits per heavy atom. The topological polar surface area (TPSA) is 116 Å². The summed E-state index contributed by atoms with van der Waals surface area (Å²) in [6.07, 6.45) is -1.30. The Labute approximate surface area is 113 Å². The molecule has 0 heterocycles. The van der Waals surface area contributed by atoms with E-state index in [0.29, 0.717) is 5.56 Å². The third-order valence-electron chi connectivity index (χ3n) is 2.10. The van der Waals surface area contributed by atoms with Gasteiger partial charge in [-0.05, 0) is 25.5 Å². The molecule has 10 heteroatoms. The van der Waals surface area contributed by atoms with Crippen molar-refractivity contribution in [2.24, 2.45) is 0 Å². The van der Waals surface area contributed by atoms with Gasteiger partial charge in [0.25, 0.3) is 5.69 Å². The van der Waals surface area contributed by atoms with E-state index in [1.54, 1.807) is 0 Å². The summed E-state index contributed by atoms with van der Waals surface area (Å²) in [5.74, 6) is 0.000849. The van der Waals surface area contributed by atoms with E-state index < -0.39 is 20.3 Å². The van der Waals surface area contributed by atoms with Gasteiger partial charge in [-0.25, -0.2) is 9.52 Å². The van der Waals surface area contributed by atoms with Gasteiger partial charge < -0.3 is 4.74 Å². The molecule has 0 aliphatic rings. The summed E-state index contributed by atoms with van der Waals surface area (Å²) < 4.78 is 27.3. The smallest absolute Gasteiger partial charge is 0.409 e. The fourth-order valence-corrected chi connectivity index (χ4v) is 1.73. The fourth-order valence-electron chi connectivity index (χ4n) is 1.30. The van der Waals surface area contributed by atoms with Crippen LogP contribution in [0.1, 0.15) is 11.1 Å². The number of aryl methyl sites for hydroxylation is 2. The van der Waals surface area contributed by atoms with Crippen LogP contribution in [0.3, 0.4) is 0 Å². The van der Waals surface area contributed by atoms with Gasteiger partial charge in [0.15, 0.2) is 0 Å². The second kappa shape index (κ2) is 5.41. The molecular formula is C9H9ClN2O6S. The van der Waals surface area contributed by atoms with Gasteiger partial charge in [-0.3, -0.25) is 10.1 Å². The summed E-state index contributed by atoms with van der Waals surface area (Å²) in [5, 5.41) is 10.7. The zero-order valence-electron chi connectivity index (χ0n) is 9.84. The summed E-state index contributed by atoms with van der Waals surface area (Å²) in [5.41, 5.74) is 0.446. The summed E-state index contributed by atoms with van der Waals surface area (Å²) in [6.45, 7) is 2.94. The molecule has 0 spiro atoms. The minimum atomic E-state index is -4.25. The normalized spacial score (nSPS) is 10.9. The maximum absolute atomic E-state index is 11.2. The van der Waals surface area contributed by atoms with E-state index in [1.807, 2.05) is 0 Å². The number of nitro benzene ring substituents is 1. The summed E-state index contributed by atoms with van der Waals surface area (Å²) in [4.78, 5) is 21.3. The Kier molecular flexibility index (Phi) is 4.32. The van der Waals surface area contributed by atoms with Crippen molar-refractivity contribution in [3.05, 3.63) is 33.4 Å². The van der Waals surface area contributed by atoms with Crippen LogP contribution in [0.5, 0.6) is 5.75 Å². The Hall–Kier alpha value is -1.87. The first-order valence-corrected chi connectivity index (χ1v) is 7.11. The van der Waals surface area contributed by atoms with Crippen LogP contribution in [0, 0.1) is 24.0 Å². The number of halogens is 1. The Bertz CT molecular complexity index is 642. The maximum Gasteiger partial charge on any atom is 0.427 e. The number of nitro groups is 1. The Morgan fingerprint density at radius 1 is 1.37 bits per heavy atom. The molecule has 0 saturated carbocycles. The molecule has 104 valence electrons. The molecular weight excluding hydrogens is 300 g/mol. The molecule has 1 N–H and O–H groups in total. The molecule has 1 aromatic carbocycles. The number of carbonyl (C=O) groups is 1. The van der Waals surface area contributed by atoms with Gasteiger partial charge in [0.1, 0.15) is 5.75 Å². The lowest BCUT2D eigenvalue weighted by molar-refractivity contribution is -0.385. The van der Waals surface area contributed by atoms with E-state index >= 15 is 0 Å². The highest BCUT2D eigenvalue weighted by molar-refractivity contribution is 8.12. The number of nitrogens with zero attached hydrogens (tertiary/aromatic N) is 1. The molecule has 1 rings (SSSR count). The highest BCUT2D eigenvalue weighted by Gasteiger charge is 2.18. The molecule has 8 nitrogen and oxygen atoms in total. The molecule has 0 radical (unpaired) electrons. The van der Waals surface area contributed by atoms with Gasteiger partial charge in [0.2, 0.25) is 0 Å². The summed E-state index contributed by atoms with van der Waals surface area (Å²) in [7, 11) is 0.554. The monoisotopic (exact) mass is 308 g/mol. The van der Waals surface area contributed by atoms with Crippen molar-refractivity contribution < 1.29 is 22.9 Å². The number of rotatable bonds is 3. The quantitative estimate of drug-likeness (QED) is 0.517.